The second kappa shape index (κ2) is 4.06. The monoisotopic (exact) mass is 217 g/mol. The molecular formula is C13H19N3. The number of hydrogen-bond acceptors (Lipinski definition) is 3. The van der Waals surface area contributed by atoms with Crippen molar-refractivity contribution >= 4 is 5.69 Å². The maximum Gasteiger partial charge on any atom is 0.0456 e. The molecular weight excluding hydrogens is 198 g/mol. The first-order valence-corrected chi connectivity index (χ1v) is 6.26. The van der Waals surface area contributed by atoms with Gasteiger partial charge in [-0.15, -0.1) is 0 Å². The van der Waals surface area contributed by atoms with Crippen LogP contribution in [0.25, 0.3) is 0 Å². The molecule has 1 saturated heterocycles. The summed E-state index contributed by atoms with van der Waals surface area (Å²) >= 11 is 0. The second-order valence-corrected chi connectivity index (χ2v) is 4.87. The number of rotatable bonds is 2. The Kier molecular flexibility index (Phi) is 2.56. The van der Waals surface area contributed by atoms with E-state index in [0.717, 1.165) is 13.1 Å². The fourth-order valence-electron chi connectivity index (χ4n) is 2.94. The van der Waals surface area contributed by atoms with Gasteiger partial charge in [0.2, 0.25) is 0 Å². The minimum absolute atomic E-state index is 0.659. The maximum absolute atomic E-state index is 4.49. The summed E-state index contributed by atoms with van der Waals surface area (Å²) in [6.45, 7) is 2.27. The Morgan fingerprint density at radius 2 is 2.38 bits per heavy atom. The fraction of sp³-hybridized carbons (Fsp3) is 0.615. The molecule has 2 heterocycles. The minimum atomic E-state index is 0.659. The molecule has 1 aliphatic heterocycles. The van der Waals surface area contributed by atoms with Gasteiger partial charge in [-0.2, -0.15) is 0 Å². The number of hydrogen-bond donors (Lipinski definition) is 1. The van der Waals surface area contributed by atoms with Gasteiger partial charge >= 0.3 is 0 Å². The highest BCUT2D eigenvalue weighted by Crippen LogP contribution is 2.30. The van der Waals surface area contributed by atoms with Crippen molar-refractivity contribution in [3.05, 3.63) is 23.5 Å². The van der Waals surface area contributed by atoms with Crippen LogP contribution in [0, 0.1) is 0 Å². The summed E-state index contributed by atoms with van der Waals surface area (Å²) < 4.78 is 0. The molecule has 0 saturated carbocycles. The summed E-state index contributed by atoms with van der Waals surface area (Å²) in [6, 6.07) is 2.84. The van der Waals surface area contributed by atoms with Crippen molar-refractivity contribution in [2.24, 2.45) is 0 Å². The van der Waals surface area contributed by atoms with E-state index in [0.29, 0.717) is 6.04 Å². The summed E-state index contributed by atoms with van der Waals surface area (Å²) in [7, 11) is 2.23. The molecule has 1 aliphatic carbocycles. The van der Waals surface area contributed by atoms with E-state index < -0.39 is 0 Å². The maximum atomic E-state index is 4.49. The van der Waals surface area contributed by atoms with Crippen LogP contribution in [0.1, 0.15) is 24.1 Å². The van der Waals surface area contributed by atoms with Crippen LogP contribution in [-0.2, 0) is 12.8 Å². The van der Waals surface area contributed by atoms with Crippen LogP contribution in [0.2, 0.25) is 0 Å². The third-order valence-electron chi connectivity index (χ3n) is 3.92. The second-order valence-electron chi connectivity index (χ2n) is 4.87. The zero-order chi connectivity index (χ0) is 11.0. The number of aromatic nitrogens is 1. The van der Waals surface area contributed by atoms with Crippen LogP contribution in [0.5, 0.6) is 0 Å². The Balaban J connectivity index is 1.91. The highest BCUT2D eigenvalue weighted by atomic mass is 15.2. The van der Waals surface area contributed by atoms with Crippen molar-refractivity contribution in [2.45, 2.75) is 31.7 Å². The highest BCUT2D eigenvalue weighted by molar-refractivity contribution is 5.56. The molecule has 0 radical (unpaired) electrons. The standard InChI is InChI=1S/C13H19N3/c1-16(10-5-7-14-9-10)13-6-8-15-12-4-2-3-11(12)13/h6,8,10,14H,2-5,7,9H2,1H3. The highest BCUT2D eigenvalue weighted by Gasteiger charge is 2.24. The van der Waals surface area contributed by atoms with Crippen molar-refractivity contribution in [3.8, 4) is 0 Å². The Labute approximate surface area is 96.9 Å². The fourth-order valence-corrected chi connectivity index (χ4v) is 2.94. The molecule has 1 N–H and O–H groups in total. The molecule has 1 aromatic rings. The van der Waals surface area contributed by atoms with E-state index in [1.165, 1.54) is 42.6 Å². The zero-order valence-electron chi connectivity index (χ0n) is 9.87. The minimum Gasteiger partial charge on any atom is -0.370 e. The first-order chi connectivity index (χ1) is 7.86. The molecule has 0 aromatic carbocycles. The van der Waals surface area contributed by atoms with Gasteiger partial charge in [-0.05, 0) is 43.9 Å². The van der Waals surface area contributed by atoms with Crippen LogP contribution < -0.4 is 10.2 Å². The van der Waals surface area contributed by atoms with E-state index in [1.54, 1.807) is 0 Å². The summed E-state index contributed by atoms with van der Waals surface area (Å²) in [5.41, 5.74) is 4.24. The zero-order valence-corrected chi connectivity index (χ0v) is 9.87. The first kappa shape index (κ1) is 10.1. The van der Waals surface area contributed by atoms with Crippen LogP contribution in [0.3, 0.4) is 0 Å². The summed E-state index contributed by atoms with van der Waals surface area (Å²) in [6.07, 6.45) is 6.88. The molecule has 3 rings (SSSR count). The number of anilines is 1. The van der Waals surface area contributed by atoms with Crippen molar-refractivity contribution in [3.63, 3.8) is 0 Å². The summed E-state index contributed by atoms with van der Waals surface area (Å²) in [5, 5.41) is 3.43. The molecule has 2 aliphatic rings. The molecule has 0 spiro atoms. The van der Waals surface area contributed by atoms with Crippen LogP contribution in [-0.4, -0.2) is 31.2 Å². The molecule has 1 fully saturated rings. The average molecular weight is 217 g/mol. The van der Waals surface area contributed by atoms with Gasteiger partial charge in [0, 0.05) is 37.2 Å². The van der Waals surface area contributed by atoms with E-state index in [1.807, 2.05) is 6.20 Å². The smallest absolute Gasteiger partial charge is 0.0456 e. The number of fused-ring (bicyclic) bond motifs is 1. The number of pyridine rings is 1. The van der Waals surface area contributed by atoms with Gasteiger partial charge in [-0.3, -0.25) is 4.98 Å². The third-order valence-corrected chi connectivity index (χ3v) is 3.92. The Morgan fingerprint density at radius 3 is 3.19 bits per heavy atom. The van der Waals surface area contributed by atoms with Gasteiger partial charge in [0.1, 0.15) is 0 Å². The lowest BCUT2D eigenvalue weighted by Gasteiger charge is -2.27. The van der Waals surface area contributed by atoms with E-state index in [4.69, 9.17) is 0 Å². The predicted molar refractivity (Wildman–Crippen MR) is 65.9 cm³/mol. The van der Waals surface area contributed by atoms with E-state index >= 15 is 0 Å². The van der Waals surface area contributed by atoms with Gasteiger partial charge in [-0.25, -0.2) is 0 Å². The Morgan fingerprint density at radius 1 is 1.44 bits per heavy atom. The van der Waals surface area contributed by atoms with Gasteiger partial charge in [0.15, 0.2) is 0 Å². The summed E-state index contributed by atoms with van der Waals surface area (Å²) in [5.74, 6) is 0. The quantitative estimate of drug-likeness (QED) is 0.811. The molecule has 3 nitrogen and oxygen atoms in total. The van der Waals surface area contributed by atoms with Gasteiger partial charge < -0.3 is 10.2 Å². The number of aryl methyl sites for hydroxylation is 1. The van der Waals surface area contributed by atoms with Gasteiger partial charge in [0.25, 0.3) is 0 Å². The van der Waals surface area contributed by atoms with Crippen molar-refractivity contribution in [1.29, 1.82) is 0 Å². The lowest BCUT2D eigenvalue weighted by Crippen LogP contribution is -2.34. The van der Waals surface area contributed by atoms with E-state index in [9.17, 15) is 0 Å². The average Bonchev–Trinajstić information content (AvgIpc) is 2.98. The van der Waals surface area contributed by atoms with Crippen LogP contribution in [0.4, 0.5) is 5.69 Å². The molecule has 86 valence electrons. The molecule has 0 amide bonds. The Hall–Kier alpha value is -1.09. The topological polar surface area (TPSA) is 28.2 Å². The summed E-state index contributed by atoms with van der Waals surface area (Å²) in [4.78, 5) is 6.94. The molecule has 1 unspecified atom stereocenters. The van der Waals surface area contributed by atoms with Crippen LogP contribution >= 0.6 is 0 Å². The molecule has 0 bridgehead atoms. The Bertz CT molecular complexity index is 383. The van der Waals surface area contributed by atoms with Gasteiger partial charge in [-0.1, -0.05) is 0 Å². The van der Waals surface area contributed by atoms with Crippen molar-refractivity contribution in [1.82, 2.24) is 10.3 Å². The van der Waals surface area contributed by atoms with Crippen molar-refractivity contribution < 1.29 is 0 Å². The molecule has 1 aromatic heterocycles. The lowest BCUT2D eigenvalue weighted by molar-refractivity contribution is 0.682. The first-order valence-electron chi connectivity index (χ1n) is 6.26. The molecule has 1 atom stereocenters. The van der Waals surface area contributed by atoms with Crippen LogP contribution in [0.15, 0.2) is 12.3 Å². The van der Waals surface area contributed by atoms with E-state index in [-0.39, 0.29) is 0 Å². The van der Waals surface area contributed by atoms with Gasteiger partial charge in [0.05, 0.1) is 0 Å². The number of likely N-dealkylation sites (N-methyl/N-ethyl adjacent to an activating group) is 1. The molecule has 16 heavy (non-hydrogen) atoms. The normalized spacial score (nSPS) is 23.4. The molecule has 3 heteroatoms. The largest absolute Gasteiger partial charge is 0.370 e. The van der Waals surface area contributed by atoms with Crippen molar-refractivity contribution in [2.75, 3.05) is 25.0 Å². The number of nitrogens with zero attached hydrogens (tertiary/aromatic N) is 2. The van der Waals surface area contributed by atoms with E-state index in [2.05, 4.69) is 28.3 Å². The SMILES string of the molecule is CN(c1ccnc2c1CCC2)C1CCNC1. The number of nitrogens with one attached hydrogen (secondary N) is 1. The third kappa shape index (κ3) is 1.59. The lowest BCUT2D eigenvalue weighted by atomic mass is 10.1. The predicted octanol–water partition coefficient (Wildman–Crippen LogP) is 1.37.